The zero-order valence-electron chi connectivity index (χ0n) is 32.5. The minimum Gasteiger partial charge on any atom is -0.327 e. The van der Waals surface area contributed by atoms with Crippen LogP contribution in [0.5, 0.6) is 0 Å². The molecule has 0 spiro atoms. The lowest BCUT2D eigenvalue weighted by Gasteiger charge is -2.46. The highest BCUT2D eigenvalue weighted by molar-refractivity contribution is 5.72. The monoisotopic (exact) mass is 713 g/mol. The second-order valence-electron chi connectivity index (χ2n) is 16.3. The van der Waals surface area contributed by atoms with Gasteiger partial charge in [0.15, 0.2) is 0 Å². The van der Waals surface area contributed by atoms with E-state index in [9.17, 15) is 0 Å². The Morgan fingerprint density at radius 1 is 0.491 bits per heavy atom. The molecule has 0 N–H and O–H groups in total. The highest BCUT2D eigenvalue weighted by Gasteiger charge is 2.43. The minimum atomic E-state index is -0.0400. The molecule has 7 aromatic rings. The molecule has 1 aliphatic heterocycles. The molecule has 0 radical (unpaired) electrons. The van der Waals surface area contributed by atoms with Crippen LogP contribution in [0.3, 0.4) is 0 Å². The lowest BCUT2D eigenvalue weighted by atomic mass is 9.68. The number of quaternary nitrogens is 1. The van der Waals surface area contributed by atoms with E-state index in [0.29, 0.717) is 5.56 Å². The van der Waals surface area contributed by atoms with Crippen molar-refractivity contribution in [1.29, 1.82) is 5.26 Å². The summed E-state index contributed by atoms with van der Waals surface area (Å²) >= 11 is 0. The van der Waals surface area contributed by atoms with Crippen LogP contribution in [0.1, 0.15) is 59.1 Å². The van der Waals surface area contributed by atoms with Crippen LogP contribution in [0.4, 0.5) is 0 Å². The average Bonchev–Trinajstić information content (AvgIpc) is 3.24. The molecule has 2 nitrogen and oxygen atoms in total. The van der Waals surface area contributed by atoms with Crippen molar-refractivity contribution in [3.05, 3.63) is 203 Å². The Balaban J connectivity index is 1.00. The molecular formula is C53H49N2+. The molecule has 0 bridgehead atoms. The normalized spacial score (nSPS) is 16.9. The number of hydrogen-bond donors (Lipinski definition) is 0. The van der Waals surface area contributed by atoms with Crippen molar-refractivity contribution in [3.8, 4) is 50.6 Å². The van der Waals surface area contributed by atoms with Crippen molar-refractivity contribution in [3.63, 3.8) is 0 Å². The second-order valence-corrected chi connectivity index (χ2v) is 16.3. The van der Waals surface area contributed by atoms with E-state index in [1.165, 1.54) is 85.3 Å². The highest BCUT2D eigenvalue weighted by Crippen LogP contribution is 2.43. The summed E-state index contributed by atoms with van der Waals surface area (Å²) in [5.74, 6) is 0.261. The van der Waals surface area contributed by atoms with E-state index in [-0.39, 0.29) is 11.3 Å². The number of rotatable bonds is 8. The fourth-order valence-corrected chi connectivity index (χ4v) is 8.76. The molecule has 8 rings (SSSR count). The molecule has 0 aliphatic carbocycles. The van der Waals surface area contributed by atoms with Gasteiger partial charge < -0.3 is 4.48 Å². The maximum absolute atomic E-state index is 9.14. The summed E-state index contributed by atoms with van der Waals surface area (Å²) in [5.41, 5.74) is 17.1. The molecule has 0 amide bonds. The Kier molecular flexibility index (Phi) is 9.83. The molecular weight excluding hydrogens is 665 g/mol. The Bertz CT molecular complexity index is 2410. The smallest absolute Gasteiger partial charge is 0.0991 e. The van der Waals surface area contributed by atoms with E-state index >= 15 is 0 Å². The second kappa shape index (κ2) is 15.0. The molecule has 2 atom stereocenters. The topological polar surface area (TPSA) is 23.8 Å². The Labute approximate surface area is 327 Å². The maximum atomic E-state index is 9.14. The maximum Gasteiger partial charge on any atom is 0.0991 e. The van der Waals surface area contributed by atoms with E-state index in [0.717, 1.165) is 17.4 Å². The minimum absolute atomic E-state index is 0.0400. The molecule has 0 aromatic heterocycles. The molecule has 1 fully saturated rings. The van der Waals surface area contributed by atoms with Crippen molar-refractivity contribution in [2.45, 2.75) is 38.0 Å². The number of piperidine rings is 1. The average molecular weight is 714 g/mol. The summed E-state index contributed by atoms with van der Waals surface area (Å²) in [4.78, 5) is 0. The summed E-state index contributed by atoms with van der Waals surface area (Å²) in [6.45, 7) is 6.64. The number of aryl methyl sites for hydroxylation is 1. The zero-order chi connectivity index (χ0) is 38.0. The van der Waals surface area contributed by atoms with E-state index in [1.54, 1.807) is 0 Å². The van der Waals surface area contributed by atoms with Crippen LogP contribution >= 0.6 is 0 Å². The van der Waals surface area contributed by atoms with Crippen molar-refractivity contribution < 1.29 is 4.48 Å². The van der Waals surface area contributed by atoms with Crippen LogP contribution in [0.15, 0.2) is 170 Å². The van der Waals surface area contributed by atoms with Gasteiger partial charge in [-0.1, -0.05) is 170 Å². The number of likely N-dealkylation sites (tertiary alicyclic amines) is 1. The predicted molar refractivity (Wildman–Crippen MR) is 230 cm³/mol. The molecule has 2 unspecified atom stereocenters. The van der Waals surface area contributed by atoms with Gasteiger partial charge in [0.25, 0.3) is 0 Å². The predicted octanol–water partition coefficient (Wildman–Crippen LogP) is 12.8. The molecule has 1 heterocycles. The van der Waals surface area contributed by atoms with Gasteiger partial charge in [-0.05, 0) is 98.7 Å². The molecule has 0 saturated carbocycles. The Morgan fingerprint density at radius 3 is 1.18 bits per heavy atom. The standard InChI is InChI=1S/C53H49N2/c1-38-6-10-43(11-7-38)45-18-22-47(23-19-45)49-26-30-51(31-27-49)53(34-5-35-55(3,4)37-53)52-32-28-50(29-33-52)48-24-20-46(21-25-48)44-16-14-42(15-17-44)39(2)41-12-8-40(36-54)9-13-41/h6-33,39H,5,34-35,37H2,1-4H3/q+1. The van der Waals surface area contributed by atoms with Gasteiger partial charge in [0, 0.05) is 5.92 Å². The molecule has 55 heavy (non-hydrogen) atoms. The quantitative estimate of drug-likeness (QED) is 0.144. The van der Waals surface area contributed by atoms with Gasteiger partial charge >= 0.3 is 0 Å². The zero-order valence-corrected chi connectivity index (χ0v) is 32.5. The van der Waals surface area contributed by atoms with Crippen molar-refractivity contribution >= 4 is 0 Å². The van der Waals surface area contributed by atoms with E-state index in [2.05, 4.69) is 192 Å². The summed E-state index contributed by atoms with van der Waals surface area (Å²) in [6, 6.07) is 64.6. The van der Waals surface area contributed by atoms with Crippen LogP contribution in [0.2, 0.25) is 0 Å². The third-order valence-electron chi connectivity index (χ3n) is 12.0. The summed E-state index contributed by atoms with van der Waals surface area (Å²) in [6.07, 6.45) is 2.35. The third-order valence-corrected chi connectivity index (χ3v) is 12.0. The van der Waals surface area contributed by atoms with Gasteiger partial charge in [-0.25, -0.2) is 0 Å². The van der Waals surface area contributed by atoms with Crippen molar-refractivity contribution in [1.82, 2.24) is 0 Å². The number of hydrogen-bond acceptors (Lipinski definition) is 1. The lowest BCUT2D eigenvalue weighted by Crippen LogP contribution is -2.55. The van der Waals surface area contributed by atoms with Crippen molar-refractivity contribution in [2.75, 3.05) is 27.2 Å². The molecule has 7 aromatic carbocycles. The SMILES string of the molecule is Cc1ccc(-c2ccc(-c3ccc(C4(c5ccc(-c6ccc(-c7ccc(C(C)c8ccc(C#N)cc8)cc7)cc6)cc5)CCC[N+](C)(C)C4)cc3)cc2)cc1. The number of nitriles is 1. The van der Waals surface area contributed by atoms with Gasteiger partial charge in [-0.15, -0.1) is 0 Å². The fraction of sp³-hybridized carbons (Fsp3) is 0.189. The van der Waals surface area contributed by atoms with Gasteiger partial charge in [-0.2, -0.15) is 5.26 Å². The molecule has 1 saturated heterocycles. The third kappa shape index (κ3) is 7.54. The van der Waals surface area contributed by atoms with Crippen LogP contribution in [0.25, 0.3) is 44.5 Å². The number of nitrogens with zero attached hydrogens (tertiary/aromatic N) is 2. The summed E-state index contributed by atoms with van der Waals surface area (Å²) in [5, 5.41) is 9.14. The van der Waals surface area contributed by atoms with Crippen LogP contribution in [-0.4, -0.2) is 31.7 Å². The van der Waals surface area contributed by atoms with E-state index < -0.39 is 0 Å². The van der Waals surface area contributed by atoms with Crippen LogP contribution in [0, 0.1) is 18.3 Å². The van der Waals surface area contributed by atoms with E-state index in [1.807, 2.05) is 12.1 Å². The molecule has 270 valence electrons. The first-order valence-electron chi connectivity index (χ1n) is 19.6. The molecule has 2 heteroatoms. The fourth-order valence-electron chi connectivity index (χ4n) is 8.76. The van der Waals surface area contributed by atoms with Crippen LogP contribution in [-0.2, 0) is 5.41 Å². The van der Waals surface area contributed by atoms with Crippen molar-refractivity contribution in [2.24, 2.45) is 0 Å². The van der Waals surface area contributed by atoms with Gasteiger partial charge in [0.2, 0.25) is 0 Å². The number of likely N-dealkylation sites (N-methyl/N-ethyl adjacent to an activating group) is 1. The first kappa shape index (κ1) is 36.0. The lowest BCUT2D eigenvalue weighted by molar-refractivity contribution is -0.899. The van der Waals surface area contributed by atoms with Crippen LogP contribution < -0.4 is 0 Å². The molecule has 1 aliphatic rings. The summed E-state index contributed by atoms with van der Waals surface area (Å²) in [7, 11) is 4.77. The Morgan fingerprint density at radius 2 is 0.818 bits per heavy atom. The number of benzene rings is 7. The Hall–Kier alpha value is -6.01. The van der Waals surface area contributed by atoms with Gasteiger partial charge in [-0.3, -0.25) is 0 Å². The largest absolute Gasteiger partial charge is 0.327 e. The summed E-state index contributed by atoms with van der Waals surface area (Å²) < 4.78 is 1.01. The van der Waals surface area contributed by atoms with Gasteiger partial charge in [0.05, 0.1) is 44.2 Å². The highest BCUT2D eigenvalue weighted by atomic mass is 15.3. The van der Waals surface area contributed by atoms with Gasteiger partial charge in [0.1, 0.15) is 0 Å². The first-order chi connectivity index (χ1) is 26.7. The first-order valence-corrected chi connectivity index (χ1v) is 19.6. The van der Waals surface area contributed by atoms with E-state index in [4.69, 9.17) is 5.26 Å².